The molecule has 0 radical (unpaired) electrons. The molecule has 5 rings (SSSR count). The number of carbonyl (C=O) groups excluding carboxylic acids is 3. The van der Waals surface area contributed by atoms with Crippen LogP contribution in [0.5, 0.6) is 0 Å². The van der Waals surface area contributed by atoms with E-state index in [1.807, 2.05) is 20.8 Å². The molecule has 3 fully saturated rings. The first-order valence-corrected chi connectivity index (χ1v) is 19.5. The molecule has 0 spiro atoms. The van der Waals surface area contributed by atoms with E-state index < -0.39 is 84.5 Å². The van der Waals surface area contributed by atoms with Gasteiger partial charge in [0.25, 0.3) is 0 Å². The average molecular weight is 673 g/mol. The van der Waals surface area contributed by atoms with E-state index in [0.29, 0.717) is 5.57 Å². The summed E-state index contributed by atoms with van der Waals surface area (Å²) in [5.74, 6) is -2.96. The summed E-state index contributed by atoms with van der Waals surface area (Å²) in [4.78, 5) is 42.0. The predicted molar refractivity (Wildman–Crippen MR) is 176 cm³/mol. The molecule has 1 heterocycles. The van der Waals surface area contributed by atoms with Gasteiger partial charge in [-0.15, -0.1) is 0 Å². The third-order valence-electron chi connectivity index (χ3n) is 12.5. The number of methoxy groups -OCH3 is 1. The van der Waals surface area contributed by atoms with Gasteiger partial charge in [0.05, 0.1) is 35.7 Å². The summed E-state index contributed by atoms with van der Waals surface area (Å²) in [6.45, 7) is 14.8. The molecule has 260 valence electrons. The van der Waals surface area contributed by atoms with E-state index in [0.717, 1.165) is 23.7 Å². The third-order valence-corrected chi connectivity index (χ3v) is 17.1. The lowest BCUT2D eigenvalue weighted by Crippen LogP contribution is -2.82. The number of aliphatic hydroxyl groups excluding tert-OH is 1. The van der Waals surface area contributed by atoms with Crippen LogP contribution in [0.25, 0.3) is 0 Å². The van der Waals surface area contributed by atoms with Gasteiger partial charge in [0.15, 0.2) is 19.7 Å². The summed E-state index contributed by atoms with van der Waals surface area (Å²) in [5, 5.41) is 25.4. The van der Waals surface area contributed by atoms with Crippen molar-refractivity contribution < 1.29 is 48.0 Å². The lowest BCUT2D eigenvalue weighted by Gasteiger charge is -2.67. The van der Waals surface area contributed by atoms with Gasteiger partial charge in [-0.1, -0.05) is 52.8 Å². The van der Waals surface area contributed by atoms with Crippen molar-refractivity contribution in [1.29, 1.82) is 0 Å². The van der Waals surface area contributed by atoms with Gasteiger partial charge in [-0.2, -0.15) is 0 Å². The normalized spacial score (nSPS) is 37.9. The van der Waals surface area contributed by atoms with Crippen LogP contribution in [0, 0.1) is 16.7 Å². The summed E-state index contributed by atoms with van der Waals surface area (Å²) >= 11 is 0. The SMILES string of the molecule is CC[Si](CC)(CC)O[C@H]1C[C@@]2(O)[C@@H](OC(=O)c3ccccc3)C3[C@](C)(C(=O)[C@H](OC)C(=C1C)C2(C)C)[C@@H](O)C[C@H]1OC[C@@]31OC(C)=O. The highest BCUT2D eigenvalue weighted by atomic mass is 28.4. The minimum absolute atomic E-state index is 0.00497. The number of ketones is 1. The number of hydrogen-bond acceptors (Lipinski definition) is 10. The first-order chi connectivity index (χ1) is 22.0. The Morgan fingerprint density at radius 3 is 2.19 bits per heavy atom. The molecule has 1 aromatic carbocycles. The zero-order valence-electron chi connectivity index (χ0n) is 29.3. The van der Waals surface area contributed by atoms with Gasteiger partial charge in [0, 0.05) is 32.3 Å². The fourth-order valence-corrected chi connectivity index (χ4v) is 12.1. The van der Waals surface area contributed by atoms with Gasteiger partial charge in [-0.25, -0.2) is 4.79 Å². The number of benzene rings is 1. The second-order valence-corrected chi connectivity index (χ2v) is 19.5. The number of ether oxygens (including phenoxy) is 4. The van der Waals surface area contributed by atoms with Crippen molar-refractivity contribution in [2.24, 2.45) is 16.7 Å². The summed E-state index contributed by atoms with van der Waals surface area (Å²) in [7, 11) is -0.828. The van der Waals surface area contributed by atoms with Crippen molar-refractivity contribution in [2.45, 2.75) is 128 Å². The zero-order chi connectivity index (χ0) is 34.7. The summed E-state index contributed by atoms with van der Waals surface area (Å²) in [6, 6.07) is 11.0. The van der Waals surface area contributed by atoms with Crippen LogP contribution < -0.4 is 0 Å². The molecule has 1 aliphatic heterocycles. The minimum Gasteiger partial charge on any atom is -0.455 e. The molecule has 3 aliphatic carbocycles. The Kier molecular flexibility index (Phi) is 9.53. The minimum atomic E-state index is -2.28. The highest BCUT2D eigenvalue weighted by Crippen LogP contribution is 2.64. The molecule has 47 heavy (non-hydrogen) atoms. The Morgan fingerprint density at radius 1 is 1.06 bits per heavy atom. The summed E-state index contributed by atoms with van der Waals surface area (Å²) in [5.41, 5.74) is -4.63. The Morgan fingerprint density at radius 2 is 1.68 bits per heavy atom. The van der Waals surface area contributed by atoms with Crippen LogP contribution in [-0.4, -0.2) is 91.7 Å². The maximum absolute atomic E-state index is 15.1. The predicted octanol–water partition coefficient (Wildman–Crippen LogP) is 4.77. The molecule has 2 N–H and O–H groups in total. The largest absolute Gasteiger partial charge is 0.455 e. The van der Waals surface area contributed by atoms with Crippen LogP contribution in [-0.2, 0) is 33.0 Å². The second-order valence-electron chi connectivity index (χ2n) is 14.7. The van der Waals surface area contributed by atoms with Crippen LogP contribution >= 0.6 is 0 Å². The first kappa shape index (κ1) is 35.9. The molecule has 1 unspecified atom stereocenters. The number of fused-ring (bicyclic) bond motifs is 5. The smallest absolute Gasteiger partial charge is 0.338 e. The maximum Gasteiger partial charge on any atom is 0.338 e. The lowest BCUT2D eigenvalue weighted by atomic mass is 9.44. The van der Waals surface area contributed by atoms with Crippen LogP contribution in [0.15, 0.2) is 41.5 Å². The van der Waals surface area contributed by atoms with E-state index >= 15 is 4.79 Å². The molecular formula is C36H52O10Si. The average Bonchev–Trinajstić information content (AvgIpc) is 3.04. The topological polar surface area (TPSA) is 138 Å². The lowest BCUT2D eigenvalue weighted by molar-refractivity contribution is -0.346. The monoisotopic (exact) mass is 672 g/mol. The molecule has 1 aromatic rings. The highest BCUT2D eigenvalue weighted by molar-refractivity contribution is 6.73. The van der Waals surface area contributed by atoms with E-state index in [1.54, 1.807) is 37.3 Å². The van der Waals surface area contributed by atoms with E-state index in [9.17, 15) is 19.8 Å². The molecule has 4 aliphatic rings. The number of carbonyl (C=O) groups is 3. The standard InChI is InChI=1S/C36H52O10Si/c1-10-47(11-2,12-3)46-24-19-36(41)31(44-32(40)23-16-14-13-15-17-23)29-34(8,25(38)18-26-35(29,20-43-26)45-22(5)37)30(39)28(42-9)27(21(24)4)33(36,6)7/h13-17,24-26,28-29,31,38,41H,10-12,18-20H2,1-9H3/t24-,25-,26+,28+,29?,31-,34+,35-,36+/m0/s1. The molecule has 2 bridgehead atoms. The molecule has 11 heteroatoms. The molecule has 2 saturated carbocycles. The molecule has 1 saturated heterocycles. The van der Waals surface area contributed by atoms with E-state index in [1.165, 1.54) is 14.0 Å². The zero-order valence-corrected chi connectivity index (χ0v) is 30.3. The van der Waals surface area contributed by atoms with E-state index in [-0.39, 0.29) is 25.0 Å². The summed E-state index contributed by atoms with van der Waals surface area (Å²) in [6.07, 6.45) is -5.23. The number of hydrogen-bond donors (Lipinski definition) is 2. The number of aliphatic hydroxyl groups is 2. The van der Waals surface area contributed by atoms with E-state index in [4.69, 9.17) is 23.4 Å². The van der Waals surface area contributed by atoms with Crippen molar-refractivity contribution in [3.05, 3.63) is 47.0 Å². The molecular weight excluding hydrogens is 620 g/mol. The second kappa shape index (κ2) is 12.5. The molecule has 10 nitrogen and oxygen atoms in total. The Balaban J connectivity index is 1.83. The van der Waals surface area contributed by atoms with Crippen LogP contribution in [0.2, 0.25) is 18.1 Å². The summed E-state index contributed by atoms with van der Waals surface area (Å²) < 4.78 is 31.6. The van der Waals surface area contributed by atoms with Gasteiger partial charge in [0.1, 0.15) is 23.9 Å². The van der Waals surface area contributed by atoms with Gasteiger partial charge in [-0.3, -0.25) is 9.59 Å². The van der Waals surface area contributed by atoms with Crippen LogP contribution in [0.3, 0.4) is 0 Å². The van der Waals surface area contributed by atoms with Crippen molar-refractivity contribution in [2.75, 3.05) is 13.7 Å². The number of esters is 2. The first-order valence-electron chi connectivity index (χ1n) is 17.0. The Hall–Kier alpha value is -2.41. The van der Waals surface area contributed by atoms with Crippen LogP contribution in [0.4, 0.5) is 0 Å². The van der Waals surface area contributed by atoms with E-state index in [2.05, 4.69) is 20.8 Å². The van der Waals surface area contributed by atoms with Gasteiger partial charge in [0.2, 0.25) is 0 Å². The van der Waals surface area contributed by atoms with Crippen molar-refractivity contribution in [3.8, 4) is 0 Å². The fourth-order valence-electron chi connectivity index (χ4n) is 9.27. The fraction of sp³-hybridized carbons (Fsp3) is 0.694. The Bertz CT molecular complexity index is 1410. The number of Topliss-reactive ketones (excluding diaryl/α,β-unsaturated/α-hetero) is 1. The van der Waals surface area contributed by atoms with Crippen molar-refractivity contribution in [3.63, 3.8) is 0 Å². The Labute approximate surface area is 279 Å². The highest BCUT2D eigenvalue weighted by Gasteiger charge is 2.78. The van der Waals surface area contributed by atoms with Gasteiger partial charge < -0.3 is 33.6 Å². The van der Waals surface area contributed by atoms with Crippen LogP contribution in [0.1, 0.15) is 78.6 Å². The molecule has 0 amide bonds. The molecule has 0 aromatic heterocycles. The number of rotatable bonds is 9. The maximum atomic E-state index is 15.1. The van der Waals surface area contributed by atoms with Gasteiger partial charge in [-0.05, 0) is 55.3 Å². The quantitative estimate of drug-likeness (QED) is 0.215. The molecule has 9 atom stereocenters. The third kappa shape index (κ3) is 5.18. The van der Waals surface area contributed by atoms with Gasteiger partial charge >= 0.3 is 11.9 Å². The van der Waals surface area contributed by atoms with Crippen molar-refractivity contribution in [1.82, 2.24) is 0 Å². The van der Waals surface area contributed by atoms with Crippen molar-refractivity contribution >= 4 is 26.0 Å².